The molecule has 0 aliphatic carbocycles. The van der Waals surface area contributed by atoms with E-state index in [1.807, 2.05) is 71.9 Å². The van der Waals surface area contributed by atoms with Crippen molar-refractivity contribution in [2.75, 3.05) is 41.4 Å². The topological polar surface area (TPSA) is 226 Å². The summed E-state index contributed by atoms with van der Waals surface area (Å²) in [6.07, 6.45) is 4.31. The van der Waals surface area contributed by atoms with Crippen LogP contribution in [0.1, 0.15) is 132 Å². The highest BCUT2D eigenvalue weighted by molar-refractivity contribution is 7.81. The molecular formula is C52H86N6O11S. The number of carboxylic acid groups (broad SMARTS) is 1. The summed E-state index contributed by atoms with van der Waals surface area (Å²) in [6.45, 7) is 18.1. The molecule has 396 valence electrons. The molecule has 9 atom stereocenters. The summed E-state index contributed by atoms with van der Waals surface area (Å²) in [6, 6.07) is 6.82. The summed E-state index contributed by atoms with van der Waals surface area (Å²) in [5.74, 6) is -3.38. The average molecular weight is 1000 g/mol. The lowest BCUT2D eigenvalue weighted by atomic mass is 9.90. The second-order valence-corrected chi connectivity index (χ2v) is 21.7. The summed E-state index contributed by atoms with van der Waals surface area (Å²) in [4.78, 5) is 107. The summed E-state index contributed by atoms with van der Waals surface area (Å²) in [5.41, 5.74) is 6.19. The Balaban J connectivity index is 0.000000534. The highest BCUT2D eigenvalue weighted by Crippen LogP contribution is 2.34. The maximum absolute atomic E-state index is 13.8. The molecule has 2 saturated heterocycles. The molecule has 3 rings (SSSR count). The van der Waals surface area contributed by atoms with Crippen molar-refractivity contribution in [2.24, 2.45) is 35.3 Å². The van der Waals surface area contributed by atoms with E-state index in [1.165, 1.54) is 16.9 Å². The lowest BCUT2D eigenvalue weighted by Gasteiger charge is -2.39. The number of carbonyl (C=O) groups excluding carboxylic acids is 7. The van der Waals surface area contributed by atoms with Crippen LogP contribution in [0.2, 0.25) is 0 Å². The standard InChI is InChI=1S/C33H53N3O7.C19H33N3O4S/c1-9-22(4)30(35(6)28(37)18-21(2)3)27(42-7)20-29(38)36-17-13-16-26(36)31(43-8)23(5)32(39)34-25(33(40)41)19-24-14-11-10-12-15-24;1-12(2)16(17(20)25)21(5)14(23)9-7-6-8-10-22-15(24)11-13(18(22)26)19(3,4)27/h10-12,14-15,21-23,25-27,30-31H,9,13,16-20H2,1-8H3,(H,34,39)(H,40,41);12-13,16,27H,6-11H2,1-5H3,(H2,20,25). The van der Waals surface area contributed by atoms with Crippen LogP contribution in [0, 0.1) is 29.6 Å². The quantitative estimate of drug-likeness (QED) is 0.0499. The number of nitrogens with one attached hydrogen (secondary N) is 1. The maximum Gasteiger partial charge on any atom is 0.326 e. The number of imide groups is 1. The van der Waals surface area contributed by atoms with Gasteiger partial charge < -0.3 is 40.3 Å². The van der Waals surface area contributed by atoms with Crippen molar-refractivity contribution in [3.05, 3.63) is 35.9 Å². The van der Waals surface area contributed by atoms with Gasteiger partial charge in [-0.1, -0.05) is 105 Å². The van der Waals surface area contributed by atoms with Crippen LogP contribution in [0.15, 0.2) is 30.3 Å². The number of nitrogens with two attached hydrogens (primary N) is 1. The third-order valence-electron chi connectivity index (χ3n) is 13.9. The number of primary amides is 1. The van der Waals surface area contributed by atoms with Gasteiger partial charge in [-0.2, -0.15) is 12.6 Å². The number of ether oxygens (including phenoxy) is 2. The van der Waals surface area contributed by atoms with Crippen LogP contribution in [0.25, 0.3) is 0 Å². The molecule has 7 amide bonds. The van der Waals surface area contributed by atoms with Gasteiger partial charge in [0.2, 0.25) is 41.4 Å². The maximum atomic E-state index is 13.8. The van der Waals surface area contributed by atoms with Crippen LogP contribution >= 0.6 is 12.6 Å². The molecule has 4 N–H and O–H groups in total. The van der Waals surface area contributed by atoms with Gasteiger partial charge in [0.15, 0.2) is 0 Å². The van der Waals surface area contributed by atoms with Gasteiger partial charge in [-0.05, 0) is 49.0 Å². The molecule has 70 heavy (non-hydrogen) atoms. The molecule has 0 spiro atoms. The molecule has 0 radical (unpaired) electrons. The van der Waals surface area contributed by atoms with E-state index in [-0.39, 0.29) is 84.6 Å². The number of likely N-dealkylation sites (N-methyl/N-ethyl adjacent to an activating group) is 2. The molecule has 0 aromatic heterocycles. The summed E-state index contributed by atoms with van der Waals surface area (Å²) < 4.78 is 11.2. The van der Waals surface area contributed by atoms with E-state index in [1.54, 1.807) is 37.9 Å². The first-order valence-corrected chi connectivity index (χ1v) is 25.5. The first-order valence-electron chi connectivity index (χ1n) is 25.0. The number of carbonyl (C=O) groups is 8. The van der Waals surface area contributed by atoms with Gasteiger partial charge in [-0.3, -0.25) is 38.5 Å². The minimum absolute atomic E-state index is 0.0278. The van der Waals surface area contributed by atoms with E-state index in [9.17, 15) is 43.5 Å². The number of thiol groups is 1. The molecule has 17 nitrogen and oxygen atoms in total. The minimum Gasteiger partial charge on any atom is -0.480 e. The van der Waals surface area contributed by atoms with Crippen molar-refractivity contribution in [3.8, 4) is 0 Å². The number of nitrogens with zero attached hydrogens (tertiary/aromatic N) is 4. The third-order valence-corrected chi connectivity index (χ3v) is 14.2. The molecule has 2 fully saturated rings. The number of hydrogen-bond donors (Lipinski definition) is 4. The summed E-state index contributed by atoms with van der Waals surface area (Å²) >= 11 is 4.43. The molecule has 2 aliphatic rings. The number of benzene rings is 1. The van der Waals surface area contributed by atoms with Crippen molar-refractivity contribution in [1.82, 2.24) is 24.9 Å². The smallest absolute Gasteiger partial charge is 0.326 e. The Morgan fingerprint density at radius 2 is 1.54 bits per heavy atom. The second-order valence-electron chi connectivity index (χ2n) is 20.5. The van der Waals surface area contributed by atoms with Crippen LogP contribution in [-0.2, 0) is 54.3 Å². The number of amides is 7. The van der Waals surface area contributed by atoms with E-state index >= 15 is 0 Å². The van der Waals surface area contributed by atoms with E-state index in [0.717, 1.165) is 18.4 Å². The van der Waals surface area contributed by atoms with Crippen LogP contribution in [0.4, 0.5) is 0 Å². The molecule has 9 unspecified atom stereocenters. The fourth-order valence-electron chi connectivity index (χ4n) is 9.66. The number of aliphatic carboxylic acids is 1. The van der Waals surface area contributed by atoms with Crippen molar-refractivity contribution >= 4 is 59.9 Å². The Morgan fingerprint density at radius 3 is 2.04 bits per heavy atom. The highest BCUT2D eigenvalue weighted by atomic mass is 32.1. The molecule has 0 bridgehead atoms. The molecule has 18 heteroatoms. The van der Waals surface area contributed by atoms with Crippen molar-refractivity contribution < 1.29 is 52.9 Å². The largest absolute Gasteiger partial charge is 0.480 e. The number of unbranched alkanes of at least 4 members (excludes halogenated alkanes) is 2. The first kappa shape index (κ1) is 61.6. The normalized spacial score (nSPS) is 19.1. The van der Waals surface area contributed by atoms with Gasteiger partial charge in [0.25, 0.3) is 0 Å². The molecule has 2 heterocycles. The Hall–Kier alpha value is -4.55. The van der Waals surface area contributed by atoms with Crippen LogP contribution in [-0.4, -0.2) is 155 Å². The Bertz CT molecular complexity index is 1890. The second kappa shape index (κ2) is 29.1. The lowest BCUT2D eigenvalue weighted by Crippen LogP contribution is -2.54. The Labute approximate surface area is 423 Å². The van der Waals surface area contributed by atoms with Crippen LogP contribution in [0.5, 0.6) is 0 Å². The number of hydrogen-bond acceptors (Lipinski definition) is 11. The SMILES string of the molecule is CC(C)C(C(N)=O)N(C)C(=O)CCCCCN1C(=O)CC(C(C)(C)S)C1=O.CCC(C)C(C(CC(=O)N1CCCC1C(OC)C(C)C(=O)NC(Cc1ccccc1)C(=O)O)OC)N(C)C(=O)CC(C)C. The van der Waals surface area contributed by atoms with Crippen molar-refractivity contribution in [1.29, 1.82) is 0 Å². The molecule has 0 saturated carbocycles. The lowest BCUT2D eigenvalue weighted by molar-refractivity contribution is -0.147. The van der Waals surface area contributed by atoms with Gasteiger partial charge in [-0.25, -0.2) is 4.79 Å². The summed E-state index contributed by atoms with van der Waals surface area (Å²) in [5, 5.41) is 12.5. The molecule has 1 aromatic rings. The van der Waals surface area contributed by atoms with Crippen LogP contribution in [0.3, 0.4) is 0 Å². The van der Waals surface area contributed by atoms with Gasteiger partial charge in [0.05, 0.1) is 42.5 Å². The average Bonchev–Trinajstić information content (AvgIpc) is 3.89. The van der Waals surface area contributed by atoms with Crippen LogP contribution < -0.4 is 11.1 Å². The van der Waals surface area contributed by atoms with Gasteiger partial charge in [0, 0.05) is 71.8 Å². The fourth-order valence-corrected chi connectivity index (χ4v) is 9.86. The van der Waals surface area contributed by atoms with Crippen molar-refractivity contribution in [3.63, 3.8) is 0 Å². The van der Waals surface area contributed by atoms with Gasteiger partial charge >= 0.3 is 5.97 Å². The highest BCUT2D eigenvalue weighted by Gasteiger charge is 2.45. The Morgan fingerprint density at radius 1 is 0.914 bits per heavy atom. The summed E-state index contributed by atoms with van der Waals surface area (Å²) in [7, 11) is 6.48. The first-order chi connectivity index (χ1) is 32.7. The number of carboxylic acids is 1. The zero-order valence-corrected chi connectivity index (χ0v) is 45.2. The number of rotatable bonds is 27. The van der Waals surface area contributed by atoms with Gasteiger partial charge in [-0.15, -0.1) is 0 Å². The monoisotopic (exact) mass is 1000 g/mol. The molecule has 1 aromatic carbocycles. The minimum atomic E-state index is -1.12. The fraction of sp³-hybridized carbons (Fsp3) is 0.731. The van der Waals surface area contributed by atoms with E-state index < -0.39 is 52.7 Å². The zero-order valence-electron chi connectivity index (χ0n) is 44.3. The third kappa shape index (κ3) is 17.9. The number of methoxy groups -OCH3 is 2. The Kier molecular flexibility index (Phi) is 25.6. The zero-order chi connectivity index (χ0) is 53.2. The molecular weight excluding hydrogens is 917 g/mol. The predicted octanol–water partition coefficient (Wildman–Crippen LogP) is 5.36. The number of likely N-dealkylation sites (tertiary alicyclic amines) is 2. The van der Waals surface area contributed by atoms with Crippen molar-refractivity contribution in [2.45, 2.75) is 174 Å². The van der Waals surface area contributed by atoms with E-state index in [0.29, 0.717) is 51.6 Å². The van der Waals surface area contributed by atoms with Gasteiger partial charge in [0.1, 0.15) is 12.1 Å². The predicted molar refractivity (Wildman–Crippen MR) is 272 cm³/mol. The van der Waals surface area contributed by atoms with E-state index in [4.69, 9.17) is 15.2 Å². The van der Waals surface area contributed by atoms with E-state index in [2.05, 4.69) is 31.8 Å². The molecule has 2 aliphatic heterocycles.